The minimum Gasteiger partial charge on any atom is -0.387 e. The average Bonchev–Trinajstić information content (AvgIpc) is 2.97. The molecule has 28 heteroatoms. The van der Waals surface area contributed by atoms with Gasteiger partial charge >= 0.3 is 23.5 Å². The van der Waals surface area contributed by atoms with Crippen molar-refractivity contribution in [3.05, 3.63) is 0 Å². The lowest BCUT2D eigenvalue weighted by atomic mass is 9.96. The van der Waals surface area contributed by atoms with Crippen molar-refractivity contribution in [3.8, 4) is 0 Å². The number of aliphatic hydroxyl groups excluding tert-OH is 6. The SMILES string of the molecule is CO[C@@H]1O[C@H](COP(=O)(O)O)[C@@H](O[C@@H]2O[C@H](COP(=O)(O)O)[C@@H](O[C@@H]3O[C@H](COP(=O)(O)O)[C@@H](OC)[C@H](O)[C@H]3O)[C@H](O)[C@H]2O)[C@H](O)[C@H]1O. The quantitative estimate of drug-likeness (QED) is 0.0689. The van der Waals surface area contributed by atoms with Gasteiger partial charge in [0.15, 0.2) is 18.9 Å². The lowest BCUT2D eigenvalue weighted by molar-refractivity contribution is -0.378. The lowest BCUT2D eigenvalue weighted by Gasteiger charge is -2.48. The van der Waals surface area contributed by atoms with Crippen molar-refractivity contribution in [2.45, 2.75) is 92.1 Å². The van der Waals surface area contributed by atoms with Gasteiger partial charge in [0.2, 0.25) is 0 Å². The molecule has 3 aliphatic rings. The second-order valence-corrected chi connectivity index (χ2v) is 14.3. The molecule has 284 valence electrons. The number of methoxy groups -OCH3 is 2. The van der Waals surface area contributed by atoms with Crippen molar-refractivity contribution in [1.82, 2.24) is 0 Å². The van der Waals surface area contributed by atoms with Crippen LogP contribution in [0.5, 0.6) is 0 Å². The molecule has 12 N–H and O–H groups in total. The second-order valence-electron chi connectivity index (χ2n) is 10.6. The molecular formula is C20H39O25P3. The molecule has 3 fully saturated rings. The van der Waals surface area contributed by atoms with Gasteiger partial charge in [0, 0.05) is 14.2 Å². The third-order valence-electron chi connectivity index (χ3n) is 7.23. The molecule has 3 saturated heterocycles. The fraction of sp³-hybridized carbons (Fsp3) is 1.00. The number of rotatable bonds is 15. The largest absolute Gasteiger partial charge is 0.469 e. The van der Waals surface area contributed by atoms with Crippen LogP contribution in [0.1, 0.15) is 0 Å². The van der Waals surface area contributed by atoms with Crippen molar-refractivity contribution in [1.29, 1.82) is 0 Å². The van der Waals surface area contributed by atoms with Crippen LogP contribution in [0.2, 0.25) is 0 Å². The molecule has 0 spiro atoms. The van der Waals surface area contributed by atoms with E-state index in [9.17, 15) is 54.1 Å². The Bertz CT molecular complexity index is 1160. The number of ether oxygens (including phenoxy) is 7. The van der Waals surface area contributed by atoms with E-state index in [0.29, 0.717) is 0 Å². The summed E-state index contributed by atoms with van der Waals surface area (Å²) >= 11 is 0. The number of aliphatic hydroxyl groups is 6. The first kappa shape index (κ1) is 42.2. The average molecular weight is 772 g/mol. The highest BCUT2D eigenvalue weighted by Gasteiger charge is 2.54. The van der Waals surface area contributed by atoms with Crippen molar-refractivity contribution in [3.63, 3.8) is 0 Å². The maximum Gasteiger partial charge on any atom is 0.469 e. The monoisotopic (exact) mass is 772 g/mol. The van der Waals surface area contributed by atoms with Gasteiger partial charge in [-0.05, 0) is 0 Å². The molecule has 48 heavy (non-hydrogen) atoms. The van der Waals surface area contributed by atoms with E-state index in [1.54, 1.807) is 0 Å². The summed E-state index contributed by atoms with van der Waals surface area (Å²) in [5.74, 6) is 0. The van der Waals surface area contributed by atoms with Gasteiger partial charge in [-0.25, -0.2) is 13.7 Å². The molecule has 0 aromatic carbocycles. The van der Waals surface area contributed by atoms with Crippen molar-refractivity contribution >= 4 is 23.5 Å². The summed E-state index contributed by atoms with van der Waals surface area (Å²) in [6, 6.07) is 0. The molecule has 0 unspecified atom stereocenters. The number of hydrogen-bond acceptors (Lipinski definition) is 19. The zero-order valence-electron chi connectivity index (χ0n) is 24.8. The van der Waals surface area contributed by atoms with Crippen LogP contribution in [0.4, 0.5) is 0 Å². The van der Waals surface area contributed by atoms with Crippen molar-refractivity contribution < 1.29 is 120 Å². The van der Waals surface area contributed by atoms with Crippen LogP contribution in [0.25, 0.3) is 0 Å². The molecule has 0 saturated carbocycles. The third-order valence-corrected chi connectivity index (χ3v) is 8.69. The van der Waals surface area contributed by atoms with Crippen molar-refractivity contribution in [2.24, 2.45) is 0 Å². The third kappa shape index (κ3) is 11.4. The summed E-state index contributed by atoms with van der Waals surface area (Å²) in [6.45, 7) is -3.05. The molecule has 3 heterocycles. The van der Waals surface area contributed by atoms with Crippen LogP contribution >= 0.6 is 23.5 Å². The highest BCUT2D eigenvalue weighted by Crippen LogP contribution is 2.41. The Morgan fingerprint density at radius 1 is 0.458 bits per heavy atom. The molecule has 0 aromatic rings. The standard InChI is InChI=1S/C20H39O25P3/c1-36-15-6(3-38-46(27,28)29)42-19(13(25)9(15)21)45-17-8(5-40-48(33,34)35)43-20(14(26)11(17)23)44-16-7(4-39-47(30,31)32)41-18(37-2)12(24)10(16)22/h6-26H,3-5H2,1-2H3,(H2,27,28,29)(H2,30,31,32)(H2,33,34,35)/t6-,7-,8-,9-,10-,11-,12-,13-,14-,15-,16-,17-,18-,19+,20+/m1/s1. The summed E-state index contributed by atoms with van der Waals surface area (Å²) < 4.78 is 84.5. The number of hydrogen-bond donors (Lipinski definition) is 12. The van der Waals surface area contributed by atoms with Gasteiger partial charge in [-0.3, -0.25) is 13.6 Å². The van der Waals surface area contributed by atoms with E-state index >= 15 is 0 Å². The van der Waals surface area contributed by atoms with E-state index < -0.39 is 135 Å². The van der Waals surface area contributed by atoms with Gasteiger partial charge < -0.3 is 93.2 Å². The summed E-state index contributed by atoms with van der Waals surface area (Å²) in [5, 5.41) is 64.2. The maximum atomic E-state index is 11.5. The van der Waals surface area contributed by atoms with Crippen LogP contribution in [0.15, 0.2) is 0 Å². The molecular weight excluding hydrogens is 733 g/mol. The Morgan fingerprint density at radius 2 is 0.750 bits per heavy atom. The van der Waals surface area contributed by atoms with E-state index in [0.717, 1.165) is 14.2 Å². The van der Waals surface area contributed by atoms with Gasteiger partial charge in [0.25, 0.3) is 0 Å². The molecule has 25 nitrogen and oxygen atoms in total. The molecule has 0 aromatic heterocycles. The van der Waals surface area contributed by atoms with E-state index in [-0.39, 0.29) is 0 Å². The Morgan fingerprint density at radius 3 is 1.06 bits per heavy atom. The fourth-order valence-electron chi connectivity index (χ4n) is 4.99. The predicted molar refractivity (Wildman–Crippen MR) is 144 cm³/mol. The van der Waals surface area contributed by atoms with E-state index in [1.165, 1.54) is 0 Å². The molecule has 0 bridgehead atoms. The Balaban J connectivity index is 1.87. The first-order valence-electron chi connectivity index (χ1n) is 13.6. The van der Waals surface area contributed by atoms with Crippen LogP contribution in [0, 0.1) is 0 Å². The first-order valence-corrected chi connectivity index (χ1v) is 18.2. The summed E-state index contributed by atoms with van der Waals surface area (Å²) in [7, 11) is -13.4. The molecule has 0 radical (unpaired) electrons. The zero-order valence-corrected chi connectivity index (χ0v) is 27.5. The highest BCUT2D eigenvalue weighted by atomic mass is 31.2. The zero-order chi connectivity index (χ0) is 36.4. The van der Waals surface area contributed by atoms with Crippen LogP contribution in [-0.2, 0) is 60.4 Å². The first-order chi connectivity index (χ1) is 22.1. The summed E-state index contributed by atoms with van der Waals surface area (Å²) in [6.07, 6.45) is -28.2. The van der Waals surface area contributed by atoms with Crippen LogP contribution in [-0.4, -0.2) is 186 Å². The smallest absolute Gasteiger partial charge is 0.387 e. The van der Waals surface area contributed by atoms with Crippen LogP contribution < -0.4 is 0 Å². The fourth-order valence-corrected chi connectivity index (χ4v) is 6.01. The van der Waals surface area contributed by atoms with Crippen molar-refractivity contribution in [2.75, 3.05) is 34.0 Å². The summed E-state index contributed by atoms with van der Waals surface area (Å²) in [5.41, 5.74) is 0. The van der Waals surface area contributed by atoms with Crippen LogP contribution in [0.3, 0.4) is 0 Å². The van der Waals surface area contributed by atoms with Gasteiger partial charge in [0.1, 0.15) is 73.2 Å². The van der Waals surface area contributed by atoms with Gasteiger partial charge in [0.05, 0.1) is 19.8 Å². The van der Waals surface area contributed by atoms with Gasteiger partial charge in [-0.15, -0.1) is 0 Å². The molecule has 0 aliphatic carbocycles. The predicted octanol–water partition coefficient (Wildman–Crippen LogP) is -5.91. The number of phosphoric acid groups is 3. The van der Waals surface area contributed by atoms with E-state index in [4.69, 9.17) is 52.7 Å². The van der Waals surface area contributed by atoms with E-state index in [2.05, 4.69) is 13.6 Å². The molecule has 3 aliphatic heterocycles. The minimum absolute atomic E-state index is 0.923. The lowest BCUT2D eigenvalue weighted by Crippen LogP contribution is -2.66. The molecule has 3 rings (SSSR count). The summed E-state index contributed by atoms with van der Waals surface area (Å²) in [4.78, 5) is 54.8. The molecule has 0 amide bonds. The normalized spacial score (nSPS) is 41.8. The Hall–Kier alpha value is -0.190. The van der Waals surface area contributed by atoms with Gasteiger partial charge in [-0.1, -0.05) is 0 Å². The Kier molecular flexibility index (Phi) is 15.0. The van der Waals surface area contributed by atoms with Gasteiger partial charge in [-0.2, -0.15) is 0 Å². The van der Waals surface area contributed by atoms with E-state index in [1.807, 2.05) is 0 Å². The topological polar surface area (TPSA) is 386 Å². The second kappa shape index (κ2) is 17.1. The highest BCUT2D eigenvalue weighted by molar-refractivity contribution is 7.46. The number of phosphoric ester groups is 3. The molecule has 15 atom stereocenters. The maximum absolute atomic E-state index is 11.5. The Labute approximate surface area is 270 Å². The minimum atomic E-state index is -5.27.